The van der Waals surface area contributed by atoms with Gasteiger partial charge in [-0.2, -0.15) is 4.31 Å². The SMILES string of the molecule is COC[C@@H]1CN(C)C[C@]12CCN(S(=O)(=O)c1ccc(C)cc1)C2. The maximum absolute atomic E-state index is 12.9. The first kappa shape index (κ1) is 16.9. The molecule has 128 valence electrons. The van der Waals surface area contributed by atoms with Gasteiger partial charge < -0.3 is 9.64 Å². The summed E-state index contributed by atoms with van der Waals surface area (Å²) in [6.45, 7) is 5.78. The van der Waals surface area contributed by atoms with Gasteiger partial charge in [0.2, 0.25) is 10.0 Å². The largest absolute Gasteiger partial charge is 0.384 e. The van der Waals surface area contributed by atoms with Gasteiger partial charge in [-0.3, -0.25) is 0 Å². The van der Waals surface area contributed by atoms with Crippen LogP contribution in [0.25, 0.3) is 0 Å². The molecule has 1 aromatic carbocycles. The molecule has 5 nitrogen and oxygen atoms in total. The molecule has 0 amide bonds. The van der Waals surface area contributed by atoms with Crippen molar-refractivity contribution < 1.29 is 13.2 Å². The van der Waals surface area contributed by atoms with Crippen molar-refractivity contribution in [1.29, 1.82) is 0 Å². The minimum absolute atomic E-state index is 0.0303. The third kappa shape index (κ3) is 3.05. The van der Waals surface area contributed by atoms with E-state index >= 15 is 0 Å². The van der Waals surface area contributed by atoms with Crippen LogP contribution in [0.15, 0.2) is 29.2 Å². The normalized spacial score (nSPS) is 29.6. The van der Waals surface area contributed by atoms with Gasteiger partial charge in [-0.15, -0.1) is 0 Å². The van der Waals surface area contributed by atoms with Crippen LogP contribution in [-0.4, -0.2) is 64.6 Å². The molecule has 2 fully saturated rings. The highest BCUT2D eigenvalue weighted by molar-refractivity contribution is 7.89. The highest BCUT2D eigenvalue weighted by Gasteiger charge is 2.51. The van der Waals surface area contributed by atoms with Crippen LogP contribution in [0.5, 0.6) is 0 Å². The van der Waals surface area contributed by atoms with Crippen molar-refractivity contribution >= 4 is 10.0 Å². The molecule has 0 aromatic heterocycles. The lowest BCUT2D eigenvalue weighted by atomic mass is 9.78. The first-order valence-corrected chi connectivity index (χ1v) is 9.56. The molecule has 6 heteroatoms. The number of likely N-dealkylation sites (tertiary alicyclic amines) is 1. The summed E-state index contributed by atoms with van der Waals surface area (Å²) in [6, 6.07) is 7.14. The average Bonchev–Trinajstić information content (AvgIpc) is 3.05. The number of rotatable bonds is 4. The molecule has 2 saturated heterocycles. The molecule has 2 heterocycles. The Morgan fingerprint density at radius 2 is 1.96 bits per heavy atom. The predicted octanol–water partition coefficient (Wildman–Crippen LogP) is 1.58. The minimum atomic E-state index is -3.40. The Labute approximate surface area is 139 Å². The van der Waals surface area contributed by atoms with Crippen molar-refractivity contribution in [2.24, 2.45) is 11.3 Å². The highest BCUT2D eigenvalue weighted by Crippen LogP contribution is 2.44. The maximum Gasteiger partial charge on any atom is 0.243 e. The molecular weight excluding hydrogens is 312 g/mol. The van der Waals surface area contributed by atoms with Crippen molar-refractivity contribution in [3.8, 4) is 0 Å². The fourth-order valence-electron chi connectivity index (χ4n) is 4.12. The number of methoxy groups -OCH3 is 1. The Bertz CT molecular complexity index is 659. The highest BCUT2D eigenvalue weighted by atomic mass is 32.2. The molecule has 3 rings (SSSR count). The average molecular weight is 338 g/mol. The maximum atomic E-state index is 12.9. The zero-order valence-corrected chi connectivity index (χ0v) is 15.0. The molecule has 0 radical (unpaired) electrons. The Balaban J connectivity index is 1.82. The van der Waals surface area contributed by atoms with Crippen LogP contribution in [-0.2, 0) is 14.8 Å². The zero-order valence-electron chi connectivity index (χ0n) is 14.2. The topological polar surface area (TPSA) is 49.9 Å². The van der Waals surface area contributed by atoms with Gasteiger partial charge >= 0.3 is 0 Å². The van der Waals surface area contributed by atoms with Gasteiger partial charge in [-0.05, 0) is 32.5 Å². The fraction of sp³-hybridized carbons (Fsp3) is 0.647. The lowest BCUT2D eigenvalue weighted by Gasteiger charge is -2.30. The predicted molar refractivity (Wildman–Crippen MR) is 89.9 cm³/mol. The van der Waals surface area contributed by atoms with E-state index in [-0.39, 0.29) is 5.41 Å². The Hall–Kier alpha value is -0.950. The van der Waals surface area contributed by atoms with Crippen molar-refractivity contribution in [3.05, 3.63) is 29.8 Å². The quantitative estimate of drug-likeness (QED) is 0.836. The van der Waals surface area contributed by atoms with Crippen LogP contribution in [0.2, 0.25) is 0 Å². The second kappa shape index (κ2) is 6.16. The van der Waals surface area contributed by atoms with Gasteiger partial charge in [-0.25, -0.2) is 8.42 Å². The molecule has 0 bridgehead atoms. The monoisotopic (exact) mass is 338 g/mol. The smallest absolute Gasteiger partial charge is 0.243 e. The second-order valence-corrected chi connectivity index (χ2v) is 9.05. The number of ether oxygens (including phenoxy) is 1. The van der Waals surface area contributed by atoms with Gasteiger partial charge in [0.25, 0.3) is 0 Å². The molecule has 0 N–H and O–H groups in total. The number of hydrogen-bond acceptors (Lipinski definition) is 4. The number of sulfonamides is 1. The summed E-state index contributed by atoms with van der Waals surface area (Å²) in [4.78, 5) is 2.70. The van der Waals surface area contributed by atoms with Crippen LogP contribution >= 0.6 is 0 Å². The number of aryl methyl sites for hydroxylation is 1. The van der Waals surface area contributed by atoms with Crippen LogP contribution < -0.4 is 0 Å². The van der Waals surface area contributed by atoms with Crippen molar-refractivity contribution in [1.82, 2.24) is 9.21 Å². The molecule has 2 atom stereocenters. The standard InChI is InChI=1S/C17H26N2O3S/c1-14-4-6-16(7-5-14)23(20,21)19-9-8-17(13-19)12-18(2)10-15(17)11-22-3/h4-7,15H,8-13H2,1-3H3/t15-,17-/m0/s1. The second-order valence-electron chi connectivity index (χ2n) is 7.11. The molecule has 1 spiro atoms. The summed E-state index contributed by atoms with van der Waals surface area (Å²) in [5, 5.41) is 0. The van der Waals surface area contributed by atoms with E-state index in [1.165, 1.54) is 0 Å². The Morgan fingerprint density at radius 3 is 2.61 bits per heavy atom. The van der Waals surface area contributed by atoms with Gasteiger partial charge in [0.15, 0.2) is 0 Å². The molecule has 2 aliphatic heterocycles. The zero-order chi connectivity index (χ0) is 16.7. The van der Waals surface area contributed by atoms with Gasteiger partial charge in [0.05, 0.1) is 11.5 Å². The Morgan fingerprint density at radius 1 is 1.26 bits per heavy atom. The van der Waals surface area contributed by atoms with E-state index in [9.17, 15) is 8.42 Å². The van der Waals surface area contributed by atoms with E-state index in [4.69, 9.17) is 4.74 Å². The van der Waals surface area contributed by atoms with Crippen LogP contribution in [0.1, 0.15) is 12.0 Å². The lowest BCUT2D eigenvalue weighted by Crippen LogP contribution is -2.38. The molecule has 2 aliphatic rings. The van der Waals surface area contributed by atoms with E-state index in [0.717, 1.165) is 25.1 Å². The summed E-state index contributed by atoms with van der Waals surface area (Å²) in [7, 11) is 0.429. The number of hydrogen-bond donors (Lipinski definition) is 0. The summed E-state index contributed by atoms with van der Waals surface area (Å²) < 4.78 is 32.9. The first-order chi connectivity index (χ1) is 10.9. The molecule has 1 aromatic rings. The van der Waals surface area contributed by atoms with Crippen LogP contribution in [0.4, 0.5) is 0 Å². The van der Waals surface area contributed by atoms with E-state index < -0.39 is 10.0 Å². The summed E-state index contributed by atoms with van der Waals surface area (Å²) in [5.74, 6) is 0.399. The first-order valence-electron chi connectivity index (χ1n) is 8.12. The lowest BCUT2D eigenvalue weighted by molar-refractivity contribution is 0.101. The fourth-order valence-corrected chi connectivity index (χ4v) is 5.65. The van der Waals surface area contributed by atoms with E-state index in [2.05, 4.69) is 11.9 Å². The molecule has 0 saturated carbocycles. The van der Waals surface area contributed by atoms with E-state index in [1.807, 2.05) is 19.1 Å². The summed E-state index contributed by atoms with van der Waals surface area (Å²) >= 11 is 0. The van der Waals surface area contributed by atoms with Gasteiger partial charge in [0.1, 0.15) is 0 Å². The third-order valence-corrected chi connectivity index (χ3v) is 7.22. The number of benzene rings is 1. The molecule has 0 aliphatic carbocycles. The molecule has 23 heavy (non-hydrogen) atoms. The molecule has 0 unspecified atom stereocenters. The summed E-state index contributed by atoms with van der Waals surface area (Å²) in [6.07, 6.45) is 0.913. The van der Waals surface area contributed by atoms with Crippen LogP contribution in [0.3, 0.4) is 0 Å². The Kier molecular flexibility index (Phi) is 4.53. The third-order valence-electron chi connectivity index (χ3n) is 5.36. The van der Waals surface area contributed by atoms with Gasteiger partial charge in [-0.1, -0.05) is 17.7 Å². The van der Waals surface area contributed by atoms with Crippen molar-refractivity contribution in [2.75, 3.05) is 46.9 Å². The van der Waals surface area contributed by atoms with Crippen molar-refractivity contribution in [3.63, 3.8) is 0 Å². The van der Waals surface area contributed by atoms with Crippen LogP contribution in [0, 0.1) is 18.3 Å². The van der Waals surface area contributed by atoms with E-state index in [1.54, 1.807) is 23.5 Å². The van der Waals surface area contributed by atoms with E-state index in [0.29, 0.717) is 30.5 Å². The van der Waals surface area contributed by atoms with Crippen molar-refractivity contribution in [2.45, 2.75) is 18.2 Å². The minimum Gasteiger partial charge on any atom is -0.384 e. The van der Waals surface area contributed by atoms with Gasteiger partial charge in [0, 0.05) is 44.6 Å². The molecular formula is C17H26N2O3S. The number of nitrogens with zero attached hydrogens (tertiary/aromatic N) is 2. The summed E-state index contributed by atoms with van der Waals surface area (Å²) in [5.41, 5.74) is 1.10.